The van der Waals surface area contributed by atoms with Crippen LogP contribution in [0, 0.1) is 0 Å². The number of aromatic nitrogens is 1. The van der Waals surface area contributed by atoms with E-state index in [1.807, 2.05) is 24.3 Å². The van der Waals surface area contributed by atoms with Gasteiger partial charge in [-0.05, 0) is 19.1 Å². The fourth-order valence-corrected chi connectivity index (χ4v) is 1.85. The van der Waals surface area contributed by atoms with E-state index in [0.717, 1.165) is 10.9 Å². The van der Waals surface area contributed by atoms with E-state index < -0.39 is 12.1 Å². The maximum Gasteiger partial charge on any atom is 0.352 e. The highest BCUT2D eigenvalue weighted by Crippen LogP contribution is 2.20. The molecule has 1 atom stereocenters. The van der Waals surface area contributed by atoms with Crippen LogP contribution in [0.3, 0.4) is 0 Å². The Morgan fingerprint density at radius 3 is 2.75 bits per heavy atom. The Morgan fingerprint density at radius 2 is 2.12 bits per heavy atom. The molecule has 0 fully saturated rings. The number of carboxylic acid groups (broad SMARTS) is 1. The van der Waals surface area contributed by atoms with E-state index in [-0.39, 0.29) is 12.2 Å². The van der Waals surface area contributed by atoms with Gasteiger partial charge in [-0.25, -0.2) is 4.79 Å². The van der Waals surface area contributed by atoms with Crippen LogP contribution in [0.2, 0.25) is 0 Å². The Balaban J connectivity index is 2.64. The summed E-state index contributed by atoms with van der Waals surface area (Å²) in [4.78, 5) is 11.1. The van der Waals surface area contributed by atoms with Crippen LogP contribution in [0.4, 0.5) is 0 Å². The van der Waals surface area contributed by atoms with E-state index in [4.69, 9.17) is 5.11 Å². The molecule has 1 unspecified atom stereocenters. The molecule has 0 aliphatic carbocycles. The van der Waals surface area contributed by atoms with Gasteiger partial charge >= 0.3 is 5.97 Å². The first-order valence-corrected chi connectivity index (χ1v) is 5.09. The van der Waals surface area contributed by atoms with E-state index in [1.165, 1.54) is 0 Å². The van der Waals surface area contributed by atoms with Crippen LogP contribution in [0.15, 0.2) is 30.3 Å². The molecule has 0 radical (unpaired) electrons. The third-order valence-electron chi connectivity index (χ3n) is 2.48. The summed E-state index contributed by atoms with van der Waals surface area (Å²) in [6.45, 7) is 1.93. The van der Waals surface area contributed by atoms with Crippen LogP contribution >= 0.6 is 0 Å². The van der Waals surface area contributed by atoms with Gasteiger partial charge in [-0.3, -0.25) is 0 Å². The number of para-hydroxylation sites is 1. The quantitative estimate of drug-likeness (QED) is 0.826. The monoisotopic (exact) mass is 219 g/mol. The summed E-state index contributed by atoms with van der Waals surface area (Å²) in [5.74, 6) is -0.975. The topological polar surface area (TPSA) is 62.5 Å². The molecule has 84 valence electrons. The van der Waals surface area contributed by atoms with Gasteiger partial charge in [0, 0.05) is 17.4 Å². The predicted octanol–water partition coefficient (Wildman–Crippen LogP) is 1.72. The summed E-state index contributed by atoms with van der Waals surface area (Å²) < 4.78 is 1.63. The summed E-state index contributed by atoms with van der Waals surface area (Å²) in [6.07, 6.45) is -0.575. The number of aromatic carboxylic acids is 1. The molecule has 0 amide bonds. The van der Waals surface area contributed by atoms with Crippen LogP contribution in [0.5, 0.6) is 0 Å². The van der Waals surface area contributed by atoms with Crippen LogP contribution in [-0.2, 0) is 6.54 Å². The SMILES string of the molecule is CC(O)Cn1c(C(=O)O)cc2ccccc21. The number of hydrogen-bond acceptors (Lipinski definition) is 2. The largest absolute Gasteiger partial charge is 0.477 e. The molecule has 0 saturated heterocycles. The maximum atomic E-state index is 11.1. The Bertz CT molecular complexity index is 528. The predicted molar refractivity (Wildman–Crippen MR) is 60.6 cm³/mol. The zero-order chi connectivity index (χ0) is 11.7. The molecule has 0 bridgehead atoms. The summed E-state index contributed by atoms with van der Waals surface area (Å²) >= 11 is 0. The molecule has 0 aliphatic rings. The van der Waals surface area contributed by atoms with Gasteiger partial charge in [0.2, 0.25) is 0 Å². The van der Waals surface area contributed by atoms with Crippen molar-refractivity contribution < 1.29 is 15.0 Å². The first kappa shape index (κ1) is 10.7. The second kappa shape index (κ2) is 3.98. The van der Waals surface area contributed by atoms with Crippen molar-refractivity contribution >= 4 is 16.9 Å². The number of carbonyl (C=O) groups is 1. The number of fused-ring (bicyclic) bond motifs is 1. The fraction of sp³-hybridized carbons (Fsp3) is 0.250. The van der Waals surface area contributed by atoms with Gasteiger partial charge in [0.15, 0.2) is 0 Å². The van der Waals surface area contributed by atoms with E-state index >= 15 is 0 Å². The molecule has 1 aromatic heterocycles. The van der Waals surface area contributed by atoms with Gasteiger partial charge in [-0.1, -0.05) is 18.2 Å². The van der Waals surface area contributed by atoms with E-state index in [1.54, 1.807) is 17.6 Å². The normalized spacial score (nSPS) is 12.9. The number of rotatable bonds is 3. The van der Waals surface area contributed by atoms with Gasteiger partial charge in [-0.2, -0.15) is 0 Å². The van der Waals surface area contributed by atoms with Crippen molar-refractivity contribution in [1.29, 1.82) is 0 Å². The lowest BCUT2D eigenvalue weighted by Gasteiger charge is -2.10. The Morgan fingerprint density at radius 1 is 1.44 bits per heavy atom. The minimum Gasteiger partial charge on any atom is -0.477 e. The number of aliphatic hydroxyl groups excluding tert-OH is 1. The average molecular weight is 219 g/mol. The summed E-state index contributed by atoms with van der Waals surface area (Å²) in [5, 5.41) is 19.3. The van der Waals surface area contributed by atoms with Crippen molar-refractivity contribution in [2.24, 2.45) is 0 Å². The Kier molecular flexibility index (Phi) is 2.66. The molecule has 2 N–H and O–H groups in total. The molecule has 0 saturated carbocycles. The number of carboxylic acids is 1. The first-order valence-electron chi connectivity index (χ1n) is 5.09. The molecule has 0 spiro atoms. The molecule has 4 nitrogen and oxygen atoms in total. The average Bonchev–Trinajstić information content (AvgIpc) is 2.57. The lowest BCUT2D eigenvalue weighted by atomic mass is 10.2. The van der Waals surface area contributed by atoms with Gasteiger partial charge in [-0.15, -0.1) is 0 Å². The van der Waals surface area contributed by atoms with Crippen LogP contribution in [-0.4, -0.2) is 26.9 Å². The van der Waals surface area contributed by atoms with Gasteiger partial charge in [0.1, 0.15) is 5.69 Å². The van der Waals surface area contributed by atoms with Crippen molar-refractivity contribution in [1.82, 2.24) is 4.57 Å². The lowest BCUT2D eigenvalue weighted by molar-refractivity contribution is 0.0682. The van der Waals surface area contributed by atoms with Gasteiger partial charge < -0.3 is 14.8 Å². The third kappa shape index (κ3) is 1.79. The van der Waals surface area contributed by atoms with Gasteiger partial charge in [0.05, 0.1) is 6.10 Å². The van der Waals surface area contributed by atoms with Crippen molar-refractivity contribution in [2.45, 2.75) is 19.6 Å². The van der Waals surface area contributed by atoms with Crippen LogP contribution in [0.1, 0.15) is 17.4 Å². The highest BCUT2D eigenvalue weighted by atomic mass is 16.4. The van der Waals surface area contributed by atoms with Crippen molar-refractivity contribution in [2.75, 3.05) is 0 Å². The maximum absolute atomic E-state index is 11.1. The summed E-state index contributed by atoms with van der Waals surface area (Å²) in [6, 6.07) is 9.05. The summed E-state index contributed by atoms with van der Waals surface area (Å²) in [7, 11) is 0. The second-order valence-electron chi connectivity index (χ2n) is 3.85. The minimum atomic E-state index is -0.975. The van der Waals surface area contributed by atoms with Crippen molar-refractivity contribution in [3.8, 4) is 0 Å². The molecule has 4 heteroatoms. The minimum absolute atomic E-state index is 0.210. The first-order chi connectivity index (χ1) is 7.59. The number of aliphatic hydroxyl groups is 1. The molecule has 0 aliphatic heterocycles. The number of benzene rings is 1. The fourth-order valence-electron chi connectivity index (χ4n) is 1.85. The lowest BCUT2D eigenvalue weighted by Crippen LogP contribution is -2.16. The molecule has 2 aromatic rings. The molecular formula is C12H13NO3. The smallest absolute Gasteiger partial charge is 0.352 e. The zero-order valence-corrected chi connectivity index (χ0v) is 8.92. The standard InChI is InChI=1S/C12H13NO3/c1-8(14)7-13-10-5-3-2-4-9(10)6-11(13)12(15)16/h2-6,8,14H,7H2,1H3,(H,15,16). The van der Waals surface area contributed by atoms with E-state index in [2.05, 4.69) is 0 Å². The van der Waals surface area contributed by atoms with Crippen LogP contribution in [0.25, 0.3) is 10.9 Å². The van der Waals surface area contributed by atoms with Crippen molar-refractivity contribution in [3.63, 3.8) is 0 Å². The van der Waals surface area contributed by atoms with E-state index in [9.17, 15) is 9.90 Å². The van der Waals surface area contributed by atoms with Crippen LogP contribution < -0.4 is 0 Å². The third-order valence-corrected chi connectivity index (χ3v) is 2.48. The molecule has 2 rings (SSSR count). The molecule has 1 aromatic carbocycles. The highest BCUT2D eigenvalue weighted by molar-refractivity contribution is 5.94. The Hall–Kier alpha value is -1.81. The Labute approximate surface area is 92.7 Å². The zero-order valence-electron chi connectivity index (χ0n) is 8.92. The number of nitrogens with zero attached hydrogens (tertiary/aromatic N) is 1. The van der Waals surface area contributed by atoms with Gasteiger partial charge in [0.25, 0.3) is 0 Å². The summed E-state index contributed by atoms with van der Waals surface area (Å²) in [5.41, 5.74) is 1.04. The van der Waals surface area contributed by atoms with E-state index in [0.29, 0.717) is 0 Å². The molecule has 1 heterocycles. The molecule has 16 heavy (non-hydrogen) atoms. The second-order valence-corrected chi connectivity index (χ2v) is 3.85. The number of hydrogen-bond donors (Lipinski definition) is 2. The highest BCUT2D eigenvalue weighted by Gasteiger charge is 2.15. The molecular weight excluding hydrogens is 206 g/mol. The van der Waals surface area contributed by atoms with Crippen molar-refractivity contribution in [3.05, 3.63) is 36.0 Å².